The number of ether oxygens (including phenoxy) is 1. The number of aliphatic hydroxyl groups is 1. The van der Waals surface area contributed by atoms with Gasteiger partial charge in [0.1, 0.15) is 5.75 Å². The normalized spacial score (nSPS) is 9.44. The Morgan fingerprint density at radius 2 is 1.50 bits per heavy atom. The van der Waals surface area contributed by atoms with E-state index in [-0.39, 0.29) is 25.2 Å². The first kappa shape index (κ1) is 28.6. The van der Waals surface area contributed by atoms with Gasteiger partial charge >= 0.3 is 0 Å². The average Bonchev–Trinajstić information content (AvgIpc) is 2.84. The van der Waals surface area contributed by atoms with E-state index in [4.69, 9.17) is 9.84 Å². The van der Waals surface area contributed by atoms with Gasteiger partial charge in [-0.05, 0) is 66.9 Å². The van der Waals surface area contributed by atoms with Gasteiger partial charge in [0.05, 0.1) is 13.7 Å². The topological polar surface area (TPSA) is 84.3 Å². The minimum absolute atomic E-state index is 0. The average molecular weight is 527 g/mol. The second-order valence-corrected chi connectivity index (χ2v) is 8.04. The van der Waals surface area contributed by atoms with Gasteiger partial charge < -0.3 is 14.8 Å². The lowest BCUT2D eigenvalue weighted by atomic mass is 10.2. The van der Waals surface area contributed by atoms with Crippen molar-refractivity contribution in [3.63, 3.8) is 0 Å². The number of nitrogens with one attached hydrogen (secondary N) is 1. The number of rotatable bonds is 3. The van der Waals surface area contributed by atoms with Crippen molar-refractivity contribution >= 4 is 15.9 Å². The summed E-state index contributed by atoms with van der Waals surface area (Å²) in [5, 5.41) is 8.61. The molecule has 0 aliphatic rings. The first-order valence-corrected chi connectivity index (χ1v) is 11.0. The minimum atomic E-state index is -0.0457. The second-order valence-electron chi connectivity index (χ2n) is 7.13. The molecule has 2 N–H and O–H groups in total. The lowest BCUT2D eigenvalue weighted by Crippen LogP contribution is -2.16. The van der Waals surface area contributed by atoms with E-state index < -0.39 is 0 Å². The Morgan fingerprint density at radius 1 is 0.882 bits per heavy atom. The predicted molar refractivity (Wildman–Crippen MR) is 142 cm³/mol. The molecule has 180 valence electrons. The molecule has 0 atom stereocenters. The number of aryl methyl sites for hydroxylation is 2. The van der Waals surface area contributed by atoms with E-state index >= 15 is 0 Å². The minimum Gasteiger partial charge on any atom is -0.497 e. The van der Waals surface area contributed by atoms with Gasteiger partial charge in [-0.3, -0.25) is 14.2 Å². The zero-order valence-electron chi connectivity index (χ0n) is 18.8. The van der Waals surface area contributed by atoms with Crippen LogP contribution in [0, 0.1) is 13.8 Å². The van der Waals surface area contributed by atoms with Gasteiger partial charge in [0.2, 0.25) is 5.56 Å². The third-order valence-electron chi connectivity index (χ3n) is 4.45. The SMILES string of the molecule is C.COc1ccc(-n2cc(C)ccc2=O)cc1.Cc1ccc(=O)[nH]c1.OCc1ccc(Br)cc1. The fourth-order valence-electron chi connectivity index (χ4n) is 2.62. The van der Waals surface area contributed by atoms with E-state index in [1.807, 2.05) is 74.6 Å². The molecule has 6 nitrogen and oxygen atoms in total. The van der Waals surface area contributed by atoms with Crippen LogP contribution in [0.3, 0.4) is 0 Å². The van der Waals surface area contributed by atoms with E-state index in [1.165, 1.54) is 6.07 Å². The van der Waals surface area contributed by atoms with Crippen LogP contribution in [0.1, 0.15) is 24.1 Å². The van der Waals surface area contributed by atoms with Crippen LogP contribution in [0.15, 0.2) is 99.3 Å². The molecule has 2 aromatic heterocycles. The van der Waals surface area contributed by atoms with Crippen molar-refractivity contribution in [1.82, 2.24) is 9.55 Å². The maximum absolute atomic E-state index is 11.7. The molecule has 0 amide bonds. The fourth-order valence-corrected chi connectivity index (χ4v) is 2.88. The van der Waals surface area contributed by atoms with Gasteiger partial charge in [-0.1, -0.05) is 47.6 Å². The van der Waals surface area contributed by atoms with Crippen LogP contribution in [-0.4, -0.2) is 21.8 Å². The molecular weight excluding hydrogens is 496 g/mol. The number of aromatic nitrogens is 2. The highest BCUT2D eigenvalue weighted by Gasteiger charge is 1.99. The van der Waals surface area contributed by atoms with Crippen molar-refractivity contribution in [3.8, 4) is 11.4 Å². The molecule has 0 saturated heterocycles. The van der Waals surface area contributed by atoms with Gasteiger partial charge in [0.25, 0.3) is 5.56 Å². The summed E-state index contributed by atoms with van der Waals surface area (Å²) in [4.78, 5) is 24.6. The third-order valence-corrected chi connectivity index (χ3v) is 4.97. The maximum Gasteiger partial charge on any atom is 0.255 e. The first-order valence-electron chi connectivity index (χ1n) is 10.2. The Morgan fingerprint density at radius 3 is 2.00 bits per heavy atom. The van der Waals surface area contributed by atoms with Crippen LogP contribution in [0.5, 0.6) is 5.75 Å². The van der Waals surface area contributed by atoms with Crippen molar-refractivity contribution in [2.75, 3.05) is 7.11 Å². The quantitative estimate of drug-likeness (QED) is 0.373. The lowest BCUT2D eigenvalue weighted by Gasteiger charge is -2.07. The van der Waals surface area contributed by atoms with Gasteiger partial charge in [0.15, 0.2) is 0 Å². The van der Waals surface area contributed by atoms with Gasteiger partial charge in [-0.2, -0.15) is 0 Å². The summed E-state index contributed by atoms with van der Waals surface area (Å²) in [5.74, 6) is 0.782. The van der Waals surface area contributed by atoms with E-state index in [1.54, 1.807) is 30.0 Å². The Kier molecular flexibility index (Phi) is 12.3. The van der Waals surface area contributed by atoms with Crippen LogP contribution in [0.2, 0.25) is 0 Å². The number of aliphatic hydroxyl groups excluding tert-OH is 1. The first-order chi connectivity index (χ1) is 15.8. The van der Waals surface area contributed by atoms with E-state index in [9.17, 15) is 9.59 Å². The highest BCUT2D eigenvalue weighted by Crippen LogP contribution is 2.13. The van der Waals surface area contributed by atoms with Crippen LogP contribution in [-0.2, 0) is 6.61 Å². The summed E-state index contributed by atoms with van der Waals surface area (Å²) in [6.07, 6.45) is 3.51. The van der Waals surface area contributed by atoms with Crippen LogP contribution in [0.25, 0.3) is 5.69 Å². The smallest absolute Gasteiger partial charge is 0.255 e. The molecule has 0 saturated carbocycles. The number of pyridine rings is 2. The standard InChI is InChI=1S/C13H13NO2.C7H7BrO.C6H7NO.CH4/c1-10-3-8-13(15)14(9-10)11-4-6-12(16-2)7-5-11;8-7-3-1-6(5-9)2-4-7;1-5-2-3-6(8)7-4-5;/h3-9H,1-2H3;1-4,9H,5H2;2-4H,1H3,(H,7,8);1H4. The number of hydrogen-bond acceptors (Lipinski definition) is 4. The number of H-pyrrole nitrogens is 1. The molecule has 0 spiro atoms. The molecule has 2 aromatic carbocycles. The Bertz CT molecular complexity index is 1230. The summed E-state index contributed by atoms with van der Waals surface area (Å²) in [7, 11) is 1.62. The largest absolute Gasteiger partial charge is 0.497 e. The molecule has 2 heterocycles. The van der Waals surface area contributed by atoms with E-state index in [0.717, 1.165) is 32.6 Å². The Labute approximate surface area is 208 Å². The highest BCUT2D eigenvalue weighted by molar-refractivity contribution is 9.10. The third kappa shape index (κ3) is 9.60. The molecule has 34 heavy (non-hydrogen) atoms. The van der Waals surface area contributed by atoms with E-state index in [2.05, 4.69) is 20.9 Å². The lowest BCUT2D eigenvalue weighted by molar-refractivity contribution is 0.282. The molecule has 0 unspecified atom stereocenters. The van der Waals surface area contributed by atoms with Crippen molar-refractivity contribution in [1.29, 1.82) is 0 Å². The van der Waals surface area contributed by atoms with Crippen LogP contribution < -0.4 is 15.9 Å². The number of methoxy groups -OCH3 is 1. The number of nitrogens with zero attached hydrogens (tertiary/aromatic N) is 1. The summed E-state index contributed by atoms with van der Waals surface area (Å²) < 4.78 is 7.73. The molecule has 0 fully saturated rings. The number of benzene rings is 2. The maximum atomic E-state index is 11.7. The molecule has 7 heteroatoms. The summed E-state index contributed by atoms with van der Waals surface area (Å²) >= 11 is 3.29. The highest BCUT2D eigenvalue weighted by atomic mass is 79.9. The zero-order valence-corrected chi connectivity index (χ0v) is 20.4. The van der Waals surface area contributed by atoms with Gasteiger partial charge in [-0.25, -0.2) is 0 Å². The predicted octanol–water partition coefficient (Wildman–Crippen LogP) is 5.42. The fraction of sp³-hybridized carbons (Fsp3) is 0.185. The van der Waals surface area contributed by atoms with Crippen LogP contribution in [0.4, 0.5) is 0 Å². The number of aromatic amines is 1. The number of hydrogen-bond donors (Lipinski definition) is 2. The molecular formula is C27H31BrN2O4. The van der Waals surface area contributed by atoms with Crippen molar-refractivity contribution < 1.29 is 9.84 Å². The van der Waals surface area contributed by atoms with Gasteiger partial charge in [-0.15, -0.1) is 0 Å². The summed E-state index contributed by atoms with van der Waals surface area (Å²) in [6.45, 7) is 4.00. The Hall–Kier alpha value is -3.42. The monoisotopic (exact) mass is 526 g/mol. The summed E-state index contributed by atoms with van der Waals surface area (Å²) in [5.41, 5.74) is 3.83. The van der Waals surface area contributed by atoms with Crippen molar-refractivity contribution in [2.24, 2.45) is 0 Å². The van der Waals surface area contributed by atoms with Crippen LogP contribution >= 0.6 is 15.9 Å². The summed E-state index contributed by atoms with van der Waals surface area (Å²) in [6, 6.07) is 21.6. The number of halogens is 1. The van der Waals surface area contributed by atoms with Crippen molar-refractivity contribution in [3.05, 3.63) is 127 Å². The molecule has 0 aliphatic heterocycles. The molecule has 0 radical (unpaired) electrons. The van der Waals surface area contributed by atoms with Gasteiger partial charge in [0, 0.05) is 34.7 Å². The molecule has 0 bridgehead atoms. The molecule has 4 aromatic rings. The van der Waals surface area contributed by atoms with Crippen molar-refractivity contribution in [2.45, 2.75) is 27.9 Å². The zero-order chi connectivity index (χ0) is 24.2. The second kappa shape index (κ2) is 14.7. The van der Waals surface area contributed by atoms with E-state index in [0.29, 0.717) is 0 Å². The molecule has 4 rings (SSSR count). The Balaban J connectivity index is 0.000000274. The molecule has 0 aliphatic carbocycles.